The molecule has 2 aromatic carbocycles. The summed E-state index contributed by atoms with van der Waals surface area (Å²) in [6.07, 6.45) is 7.11. The van der Waals surface area contributed by atoms with Crippen molar-refractivity contribution < 1.29 is 0 Å². The largest absolute Gasteiger partial charge is 0.356 e. The number of rotatable bonds is 19. The maximum atomic E-state index is 5.03. The molecule has 228 valence electrons. The van der Waals surface area contributed by atoms with Gasteiger partial charge in [-0.15, -0.1) is 12.4 Å². The minimum Gasteiger partial charge on any atom is -0.356 e. The van der Waals surface area contributed by atoms with Gasteiger partial charge in [-0.3, -0.25) is 0 Å². The molecular formula is C33H52BrClN6. The van der Waals surface area contributed by atoms with Crippen LogP contribution < -0.4 is 10.2 Å². The van der Waals surface area contributed by atoms with Crippen LogP contribution in [0, 0.1) is 6.92 Å². The number of aromatic nitrogens is 2. The highest BCUT2D eigenvalue weighted by Gasteiger charge is 2.14. The predicted molar refractivity (Wildman–Crippen MR) is 184 cm³/mol. The first-order valence-electron chi connectivity index (χ1n) is 15.5. The van der Waals surface area contributed by atoms with Crippen molar-refractivity contribution in [3.05, 3.63) is 52.6 Å². The third-order valence-electron chi connectivity index (χ3n) is 7.19. The van der Waals surface area contributed by atoms with Crippen LogP contribution in [0.4, 0.5) is 17.5 Å². The fourth-order valence-corrected chi connectivity index (χ4v) is 5.82. The highest BCUT2D eigenvalue weighted by atomic mass is 79.9. The Morgan fingerprint density at radius 3 is 1.76 bits per heavy atom. The van der Waals surface area contributed by atoms with E-state index in [1.165, 1.54) is 62.6 Å². The zero-order valence-electron chi connectivity index (χ0n) is 26.0. The lowest BCUT2D eigenvalue weighted by Crippen LogP contribution is -2.34. The average Bonchev–Trinajstić information content (AvgIpc) is 2.92. The molecule has 0 spiro atoms. The van der Waals surface area contributed by atoms with Gasteiger partial charge in [-0.05, 0) is 120 Å². The Hall–Kier alpha value is -1.93. The number of nitrogens with one attached hydrogen (secondary N) is 1. The summed E-state index contributed by atoms with van der Waals surface area (Å²) in [6, 6.07) is 14.9. The van der Waals surface area contributed by atoms with E-state index in [0.29, 0.717) is 5.95 Å². The van der Waals surface area contributed by atoms with Crippen molar-refractivity contribution >= 4 is 56.6 Å². The van der Waals surface area contributed by atoms with Gasteiger partial charge in [-0.25, -0.2) is 4.98 Å². The van der Waals surface area contributed by atoms with Crippen molar-refractivity contribution in [2.24, 2.45) is 0 Å². The van der Waals surface area contributed by atoms with E-state index in [4.69, 9.17) is 9.97 Å². The van der Waals surface area contributed by atoms with Gasteiger partial charge >= 0.3 is 0 Å². The highest BCUT2D eigenvalue weighted by molar-refractivity contribution is 9.10. The van der Waals surface area contributed by atoms with Crippen molar-refractivity contribution in [1.29, 1.82) is 0 Å². The lowest BCUT2D eigenvalue weighted by atomic mass is 10.1. The van der Waals surface area contributed by atoms with Crippen LogP contribution in [0.3, 0.4) is 0 Å². The number of halogens is 2. The number of nitrogens with zero attached hydrogens (tertiary/aromatic N) is 5. The van der Waals surface area contributed by atoms with E-state index in [1.54, 1.807) is 0 Å². The zero-order chi connectivity index (χ0) is 28.7. The lowest BCUT2D eigenvalue weighted by Gasteiger charge is -2.28. The fraction of sp³-hybridized carbons (Fsp3) is 0.576. The summed E-state index contributed by atoms with van der Waals surface area (Å²) in [6.45, 7) is 20.2. The Bertz CT molecular complexity index is 1130. The molecule has 0 amide bonds. The van der Waals surface area contributed by atoms with Crippen LogP contribution in [0.25, 0.3) is 10.8 Å². The lowest BCUT2D eigenvalue weighted by molar-refractivity contribution is 0.267. The fourth-order valence-electron chi connectivity index (χ4n) is 5.44. The van der Waals surface area contributed by atoms with Crippen LogP contribution in [-0.4, -0.2) is 72.1 Å². The van der Waals surface area contributed by atoms with E-state index in [2.05, 4.69) is 113 Å². The van der Waals surface area contributed by atoms with Crippen LogP contribution in [0.15, 0.2) is 46.9 Å². The Balaban J connectivity index is 0.00000588. The standard InChI is InChI=1S/C33H51BrN6.ClH/c1-6-16-38(17-7-2)20-10-22-40(23-11-21-39(18-8-3)19-9-4)32-24-27(5)35-33(37-32)36-31-15-13-28-25-30(34)14-12-29(28)26-31;/h12-15,24-26H,6-11,16-23H2,1-5H3,(H,35,36,37);1H. The Morgan fingerprint density at radius 2 is 1.20 bits per heavy atom. The third-order valence-corrected chi connectivity index (χ3v) is 7.68. The van der Waals surface area contributed by atoms with Crippen molar-refractivity contribution in [2.75, 3.05) is 62.6 Å². The minimum atomic E-state index is 0. The van der Waals surface area contributed by atoms with Crippen LogP contribution in [0.5, 0.6) is 0 Å². The molecule has 0 fully saturated rings. The number of anilines is 3. The summed E-state index contributed by atoms with van der Waals surface area (Å²) in [5.41, 5.74) is 1.99. The van der Waals surface area contributed by atoms with Gasteiger partial charge in [-0.2, -0.15) is 4.98 Å². The van der Waals surface area contributed by atoms with E-state index >= 15 is 0 Å². The van der Waals surface area contributed by atoms with Crippen molar-refractivity contribution in [2.45, 2.75) is 73.1 Å². The van der Waals surface area contributed by atoms with Gasteiger partial charge in [0, 0.05) is 35.0 Å². The second kappa shape index (κ2) is 19.3. The van der Waals surface area contributed by atoms with E-state index in [0.717, 1.165) is 60.7 Å². The molecule has 6 nitrogen and oxygen atoms in total. The molecule has 1 N–H and O–H groups in total. The first kappa shape index (κ1) is 35.3. The number of hydrogen-bond donors (Lipinski definition) is 1. The van der Waals surface area contributed by atoms with Gasteiger partial charge < -0.3 is 20.0 Å². The molecule has 3 aromatic rings. The molecule has 41 heavy (non-hydrogen) atoms. The van der Waals surface area contributed by atoms with Gasteiger partial charge in [-0.1, -0.05) is 55.8 Å². The summed E-state index contributed by atoms with van der Waals surface area (Å²) in [4.78, 5) is 17.5. The maximum Gasteiger partial charge on any atom is 0.229 e. The molecule has 0 aliphatic rings. The summed E-state index contributed by atoms with van der Waals surface area (Å²) in [5.74, 6) is 1.68. The molecule has 0 saturated heterocycles. The Kier molecular flexibility index (Phi) is 16.6. The number of fused-ring (bicyclic) bond motifs is 1. The molecule has 0 atom stereocenters. The van der Waals surface area contributed by atoms with Crippen molar-refractivity contribution in [3.63, 3.8) is 0 Å². The molecule has 3 rings (SSSR count). The second-order valence-corrected chi connectivity index (χ2v) is 11.8. The maximum absolute atomic E-state index is 5.03. The number of hydrogen-bond acceptors (Lipinski definition) is 6. The van der Waals surface area contributed by atoms with Gasteiger partial charge in [0.2, 0.25) is 5.95 Å². The Morgan fingerprint density at radius 1 is 0.659 bits per heavy atom. The smallest absolute Gasteiger partial charge is 0.229 e. The average molecular weight is 648 g/mol. The molecule has 0 saturated carbocycles. The van der Waals surface area contributed by atoms with Gasteiger partial charge in [0.15, 0.2) is 0 Å². The molecule has 1 aromatic heterocycles. The SMILES string of the molecule is CCCN(CCC)CCCN(CCCN(CCC)CCC)c1cc(C)nc(Nc2ccc3cc(Br)ccc3c2)n1.Cl. The first-order valence-corrected chi connectivity index (χ1v) is 16.3. The molecule has 0 aliphatic heterocycles. The summed E-state index contributed by atoms with van der Waals surface area (Å²) >= 11 is 3.57. The van der Waals surface area contributed by atoms with E-state index in [1.807, 2.05) is 0 Å². The topological polar surface area (TPSA) is 47.5 Å². The molecule has 8 heteroatoms. The van der Waals surface area contributed by atoms with Crippen LogP contribution in [-0.2, 0) is 0 Å². The zero-order valence-corrected chi connectivity index (χ0v) is 28.4. The minimum absolute atomic E-state index is 0. The monoisotopic (exact) mass is 646 g/mol. The predicted octanol–water partition coefficient (Wildman–Crippen LogP) is 8.70. The summed E-state index contributed by atoms with van der Waals surface area (Å²) in [7, 11) is 0. The van der Waals surface area contributed by atoms with Gasteiger partial charge in [0.1, 0.15) is 5.82 Å². The molecule has 1 heterocycles. The quantitative estimate of drug-likeness (QED) is 0.140. The van der Waals surface area contributed by atoms with Gasteiger partial charge in [0.05, 0.1) is 0 Å². The molecule has 0 radical (unpaired) electrons. The van der Waals surface area contributed by atoms with Crippen LogP contribution in [0.2, 0.25) is 0 Å². The molecule has 0 aliphatic carbocycles. The number of benzene rings is 2. The van der Waals surface area contributed by atoms with E-state index in [-0.39, 0.29) is 12.4 Å². The highest BCUT2D eigenvalue weighted by Crippen LogP contribution is 2.25. The Labute approximate surface area is 263 Å². The van der Waals surface area contributed by atoms with E-state index < -0.39 is 0 Å². The molecule has 0 unspecified atom stereocenters. The normalized spacial score (nSPS) is 11.3. The number of aryl methyl sites for hydroxylation is 1. The van der Waals surface area contributed by atoms with Crippen molar-refractivity contribution in [3.8, 4) is 0 Å². The van der Waals surface area contributed by atoms with Crippen molar-refractivity contribution in [1.82, 2.24) is 19.8 Å². The van der Waals surface area contributed by atoms with E-state index in [9.17, 15) is 0 Å². The summed E-state index contributed by atoms with van der Waals surface area (Å²) < 4.78 is 1.09. The molecular weight excluding hydrogens is 596 g/mol. The molecule has 0 bridgehead atoms. The second-order valence-electron chi connectivity index (χ2n) is 10.9. The van der Waals surface area contributed by atoms with Crippen LogP contribution >= 0.6 is 28.3 Å². The van der Waals surface area contributed by atoms with Crippen LogP contribution in [0.1, 0.15) is 71.9 Å². The summed E-state index contributed by atoms with van der Waals surface area (Å²) in [5, 5.41) is 5.88. The first-order chi connectivity index (χ1) is 19.4. The van der Waals surface area contributed by atoms with Gasteiger partial charge in [0.25, 0.3) is 0 Å². The third kappa shape index (κ3) is 12.1.